The third kappa shape index (κ3) is 3.23. The minimum absolute atomic E-state index is 0.312. The van der Waals surface area contributed by atoms with Crippen molar-refractivity contribution in [2.24, 2.45) is 4.99 Å². The molecule has 5 heteroatoms. The van der Waals surface area contributed by atoms with Crippen LogP contribution in [0.1, 0.15) is 30.5 Å². The molecule has 1 aromatic heterocycles. The Morgan fingerprint density at radius 2 is 2.16 bits per heavy atom. The molecule has 0 bridgehead atoms. The number of nitrogens with zero attached hydrogens (tertiary/aromatic N) is 2. The minimum Gasteiger partial charge on any atom is -0.491 e. The maximum absolute atomic E-state index is 5.68. The summed E-state index contributed by atoms with van der Waals surface area (Å²) in [5, 5.41) is 0. The number of aliphatic imine (C=N–C) groups is 1. The zero-order valence-electron chi connectivity index (χ0n) is 11.7. The number of fused-ring (bicyclic) bond motifs is 1. The number of hydrogen-bond acceptors (Lipinski definition) is 5. The van der Waals surface area contributed by atoms with Crippen LogP contribution in [0.25, 0.3) is 0 Å². The number of aromatic nitrogens is 1. The van der Waals surface area contributed by atoms with Crippen LogP contribution in [0.4, 0.5) is 0 Å². The van der Waals surface area contributed by atoms with E-state index in [4.69, 9.17) is 14.2 Å². The van der Waals surface area contributed by atoms with E-state index in [-0.39, 0.29) is 0 Å². The van der Waals surface area contributed by atoms with Gasteiger partial charge in [-0.15, -0.1) is 0 Å². The van der Waals surface area contributed by atoms with Gasteiger partial charge in [0.2, 0.25) is 0 Å². The van der Waals surface area contributed by atoms with Crippen LogP contribution in [-0.4, -0.2) is 45.2 Å². The number of methoxy groups -OCH3 is 2. The molecule has 104 valence electrons. The smallest absolute Gasteiger partial charge is 0.257 e. The number of pyridine rings is 1. The van der Waals surface area contributed by atoms with Crippen molar-refractivity contribution in [3.8, 4) is 11.6 Å². The number of rotatable bonds is 6. The van der Waals surface area contributed by atoms with E-state index in [1.165, 1.54) is 0 Å². The Morgan fingerprint density at radius 1 is 1.32 bits per heavy atom. The molecule has 5 nitrogen and oxygen atoms in total. The first-order chi connectivity index (χ1) is 9.26. The van der Waals surface area contributed by atoms with Crippen molar-refractivity contribution in [2.45, 2.75) is 19.3 Å². The van der Waals surface area contributed by atoms with Gasteiger partial charge in [0.05, 0.1) is 19.4 Å². The van der Waals surface area contributed by atoms with Crippen molar-refractivity contribution >= 4 is 6.21 Å². The molecule has 0 N–H and O–H groups in total. The largest absolute Gasteiger partial charge is 0.491 e. The summed E-state index contributed by atoms with van der Waals surface area (Å²) in [7, 11) is 3.30. The van der Waals surface area contributed by atoms with Crippen molar-refractivity contribution in [3.63, 3.8) is 0 Å². The van der Waals surface area contributed by atoms with E-state index in [2.05, 4.69) is 16.9 Å². The zero-order valence-corrected chi connectivity index (χ0v) is 11.7. The maximum atomic E-state index is 5.68. The summed E-state index contributed by atoms with van der Waals surface area (Å²) in [6.45, 7) is 4.13. The van der Waals surface area contributed by atoms with Gasteiger partial charge < -0.3 is 14.2 Å². The Labute approximate surface area is 113 Å². The van der Waals surface area contributed by atoms with Gasteiger partial charge in [0.25, 0.3) is 5.88 Å². The van der Waals surface area contributed by atoms with E-state index in [0.29, 0.717) is 30.8 Å². The lowest BCUT2D eigenvalue weighted by atomic mass is 10.00. The predicted octanol–water partition coefficient (Wildman–Crippen LogP) is 2.04. The van der Waals surface area contributed by atoms with Crippen LogP contribution in [0.5, 0.6) is 11.6 Å². The number of ether oxygens (including phenoxy) is 3. The molecule has 2 rings (SSSR count). The van der Waals surface area contributed by atoms with Crippen molar-refractivity contribution in [1.82, 2.24) is 4.98 Å². The maximum Gasteiger partial charge on any atom is 0.257 e. The molecule has 1 aliphatic rings. The molecule has 0 aliphatic carbocycles. The van der Waals surface area contributed by atoms with E-state index in [1.807, 2.05) is 12.3 Å². The molecule has 0 spiro atoms. The average Bonchev–Trinajstić information content (AvgIpc) is 2.43. The van der Waals surface area contributed by atoms with Gasteiger partial charge >= 0.3 is 0 Å². The molecule has 0 saturated carbocycles. The van der Waals surface area contributed by atoms with Gasteiger partial charge in [-0.25, -0.2) is 4.98 Å². The SMILES string of the molecule is COCCCOc1nc2c(cc1OC)C=NCC2C. The van der Waals surface area contributed by atoms with E-state index < -0.39 is 0 Å². The highest BCUT2D eigenvalue weighted by atomic mass is 16.5. The molecule has 1 atom stereocenters. The third-order valence-corrected chi connectivity index (χ3v) is 3.04. The lowest BCUT2D eigenvalue weighted by molar-refractivity contribution is 0.168. The summed E-state index contributed by atoms with van der Waals surface area (Å²) < 4.78 is 16.0. The zero-order chi connectivity index (χ0) is 13.7. The van der Waals surface area contributed by atoms with E-state index in [9.17, 15) is 0 Å². The van der Waals surface area contributed by atoms with Crippen molar-refractivity contribution in [3.05, 3.63) is 17.3 Å². The Kier molecular flexibility index (Phi) is 4.74. The van der Waals surface area contributed by atoms with Gasteiger partial charge in [-0.2, -0.15) is 0 Å². The molecule has 0 aromatic carbocycles. The summed E-state index contributed by atoms with van der Waals surface area (Å²) in [5.41, 5.74) is 2.04. The van der Waals surface area contributed by atoms with E-state index in [1.54, 1.807) is 14.2 Å². The van der Waals surface area contributed by atoms with Crippen molar-refractivity contribution in [2.75, 3.05) is 34.0 Å². The second-order valence-electron chi connectivity index (χ2n) is 4.56. The van der Waals surface area contributed by atoms with Gasteiger partial charge in [-0.05, 0) is 6.07 Å². The summed E-state index contributed by atoms with van der Waals surface area (Å²) in [5.74, 6) is 1.52. The fraction of sp³-hybridized carbons (Fsp3) is 0.571. The van der Waals surface area contributed by atoms with Gasteiger partial charge in [0.15, 0.2) is 5.75 Å². The third-order valence-electron chi connectivity index (χ3n) is 3.04. The molecule has 1 unspecified atom stereocenters. The Bertz CT molecular complexity index is 460. The highest BCUT2D eigenvalue weighted by Crippen LogP contribution is 2.31. The average molecular weight is 264 g/mol. The molecule has 1 aromatic rings. The van der Waals surface area contributed by atoms with Crippen LogP contribution in [0.2, 0.25) is 0 Å². The molecule has 0 saturated heterocycles. The standard InChI is InChI=1S/C14H20N2O3/c1-10-8-15-9-11-7-12(18-3)14(16-13(10)11)19-6-4-5-17-2/h7,9-10H,4-6,8H2,1-3H3. The van der Waals surface area contributed by atoms with E-state index >= 15 is 0 Å². The van der Waals surface area contributed by atoms with Crippen LogP contribution in [-0.2, 0) is 4.74 Å². The van der Waals surface area contributed by atoms with Crippen LogP contribution in [0.15, 0.2) is 11.1 Å². The van der Waals surface area contributed by atoms with Crippen LogP contribution in [0, 0.1) is 0 Å². The molecular weight excluding hydrogens is 244 g/mol. The summed E-state index contributed by atoms with van der Waals surface area (Å²) in [6.07, 6.45) is 2.68. The first kappa shape index (κ1) is 13.8. The fourth-order valence-electron chi connectivity index (χ4n) is 2.02. The Morgan fingerprint density at radius 3 is 2.89 bits per heavy atom. The van der Waals surface area contributed by atoms with Crippen LogP contribution < -0.4 is 9.47 Å². The molecule has 0 fully saturated rings. The highest BCUT2D eigenvalue weighted by molar-refractivity contribution is 5.83. The van der Waals surface area contributed by atoms with E-state index in [0.717, 1.165) is 24.2 Å². The molecule has 0 amide bonds. The van der Waals surface area contributed by atoms with Gasteiger partial charge in [0.1, 0.15) is 0 Å². The Hall–Kier alpha value is -1.62. The topological polar surface area (TPSA) is 52.9 Å². The summed E-state index contributed by atoms with van der Waals surface area (Å²) in [4.78, 5) is 8.90. The molecule has 1 aliphatic heterocycles. The Balaban J connectivity index is 2.17. The van der Waals surface area contributed by atoms with Gasteiger partial charge in [-0.3, -0.25) is 4.99 Å². The second-order valence-corrected chi connectivity index (χ2v) is 4.56. The van der Waals surface area contributed by atoms with Gasteiger partial charge in [0, 0.05) is 44.4 Å². The molecule has 2 heterocycles. The molecule has 19 heavy (non-hydrogen) atoms. The van der Waals surface area contributed by atoms with Crippen LogP contribution in [0.3, 0.4) is 0 Å². The van der Waals surface area contributed by atoms with Crippen molar-refractivity contribution in [1.29, 1.82) is 0 Å². The van der Waals surface area contributed by atoms with Gasteiger partial charge in [-0.1, -0.05) is 6.92 Å². The molecule has 0 radical (unpaired) electrons. The minimum atomic E-state index is 0.312. The molecular formula is C14H20N2O3. The normalized spacial score (nSPS) is 17.1. The predicted molar refractivity (Wildman–Crippen MR) is 73.7 cm³/mol. The van der Waals surface area contributed by atoms with Crippen LogP contribution >= 0.6 is 0 Å². The highest BCUT2D eigenvalue weighted by Gasteiger charge is 2.19. The monoisotopic (exact) mass is 264 g/mol. The lowest BCUT2D eigenvalue weighted by Crippen LogP contribution is -2.13. The summed E-state index contributed by atoms with van der Waals surface area (Å²) >= 11 is 0. The lowest BCUT2D eigenvalue weighted by Gasteiger charge is -2.19. The number of hydrogen-bond donors (Lipinski definition) is 0. The second kappa shape index (κ2) is 6.52. The fourth-order valence-corrected chi connectivity index (χ4v) is 2.02. The summed E-state index contributed by atoms with van der Waals surface area (Å²) in [6, 6.07) is 1.94. The first-order valence-corrected chi connectivity index (χ1v) is 6.46. The van der Waals surface area contributed by atoms with Crippen molar-refractivity contribution < 1.29 is 14.2 Å². The first-order valence-electron chi connectivity index (χ1n) is 6.46. The quantitative estimate of drug-likeness (QED) is 0.738.